The second kappa shape index (κ2) is 8.97. The Morgan fingerprint density at radius 3 is 2.69 bits per heavy atom. The van der Waals surface area contributed by atoms with E-state index in [1.54, 1.807) is 35.0 Å². The molecule has 10 heteroatoms. The largest absolute Gasteiger partial charge is 0.390 e. The number of aliphatic hydroxyl groups excluding tert-OH is 1. The molecule has 0 aliphatic heterocycles. The van der Waals surface area contributed by atoms with E-state index >= 15 is 0 Å². The fourth-order valence-electron chi connectivity index (χ4n) is 4.47. The van der Waals surface area contributed by atoms with E-state index in [1.807, 2.05) is 24.3 Å². The summed E-state index contributed by atoms with van der Waals surface area (Å²) in [5.41, 5.74) is 3.74. The van der Waals surface area contributed by atoms with Crippen molar-refractivity contribution in [2.24, 2.45) is 0 Å². The normalized spacial score (nSPS) is 16.8. The molecule has 0 unspecified atom stereocenters. The van der Waals surface area contributed by atoms with Crippen molar-refractivity contribution in [2.45, 2.75) is 25.1 Å². The first kappa shape index (κ1) is 22.1. The molecule has 0 radical (unpaired) electrons. The Hall–Kier alpha value is -4.44. The summed E-state index contributed by atoms with van der Waals surface area (Å²) in [6.07, 6.45) is 2.23. The van der Waals surface area contributed by atoms with E-state index in [-0.39, 0.29) is 24.0 Å². The highest BCUT2D eigenvalue weighted by Gasteiger charge is 2.31. The fourth-order valence-corrected chi connectivity index (χ4v) is 4.47. The van der Waals surface area contributed by atoms with E-state index in [0.717, 1.165) is 17.3 Å². The van der Waals surface area contributed by atoms with Crippen LogP contribution >= 0.6 is 0 Å². The molecule has 0 spiro atoms. The molecule has 2 aromatic carbocycles. The van der Waals surface area contributed by atoms with Gasteiger partial charge in [0.05, 0.1) is 30.6 Å². The molecule has 5 aromatic rings. The number of rotatable bonds is 6. The minimum Gasteiger partial charge on any atom is -0.390 e. The molecule has 0 amide bonds. The van der Waals surface area contributed by atoms with Crippen molar-refractivity contribution in [1.82, 2.24) is 24.9 Å². The fraction of sp³-hybridized carbons (Fsp3) is 0.154. The van der Waals surface area contributed by atoms with Crippen LogP contribution in [0.4, 0.5) is 14.6 Å². The number of fused-ring (bicyclic) bond motifs is 1. The Labute approximate surface area is 204 Å². The summed E-state index contributed by atoms with van der Waals surface area (Å²) in [4.78, 5) is 8.50. The second-order valence-corrected chi connectivity index (χ2v) is 8.53. The number of benzene rings is 2. The van der Waals surface area contributed by atoms with Crippen LogP contribution in [-0.2, 0) is 13.0 Å². The van der Waals surface area contributed by atoms with Crippen molar-refractivity contribution >= 4 is 5.82 Å². The molecule has 3 aromatic heterocycles. The Balaban J connectivity index is 1.36. The summed E-state index contributed by atoms with van der Waals surface area (Å²) in [7, 11) is 0. The third kappa shape index (κ3) is 4.01. The molecule has 36 heavy (non-hydrogen) atoms. The number of hydrogen-bond donors (Lipinski definition) is 2. The Kier molecular flexibility index (Phi) is 5.49. The molecule has 0 saturated heterocycles. The summed E-state index contributed by atoms with van der Waals surface area (Å²) >= 11 is 0. The predicted molar refractivity (Wildman–Crippen MR) is 127 cm³/mol. The average molecular weight is 486 g/mol. The number of anilines is 1. The minimum atomic E-state index is -0.723. The molecule has 2 N–H and O–H groups in total. The zero-order valence-corrected chi connectivity index (χ0v) is 18.8. The lowest BCUT2D eigenvalue weighted by atomic mass is 10.1. The Morgan fingerprint density at radius 1 is 1.03 bits per heavy atom. The number of nitrogens with one attached hydrogen (secondary N) is 1. The van der Waals surface area contributed by atoms with Crippen molar-refractivity contribution in [3.63, 3.8) is 0 Å². The van der Waals surface area contributed by atoms with Gasteiger partial charge in [0.2, 0.25) is 0 Å². The lowest BCUT2D eigenvalue weighted by Crippen LogP contribution is -2.22. The molecule has 2 atom stereocenters. The monoisotopic (exact) mass is 486 g/mol. The lowest BCUT2D eigenvalue weighted by molar-refractivity contribution is 0.165. The summed E-state index contributed by atoms with van der Waals surface area (Å²) < 4.78 is 35.6. The highest BCUT2D eigenvalue weighted by molar-refractivity contribution is 5.63. The molecule has 1 aliphatic rings. The van der Waals surface area contributed by atoms with Gasteiger partial charge in [-0.3, -0.25) is 4.68 Å². The van der Waals surface area contributed by atoms with Crippen LogP contribution in [0, 0.1) is 11.6 Å². The van der Waals surface area contributed by atoms with E-state index < -0.39 is 18.0 Å². The van der Waals surface area contributed by atoms with Gasteiger partial charge in [-0.25, -0.2) is 18.7 Å². The maximum atomic E-state index is 14.7. The first-order valence-corrected chi connectivity index (χ1v) is 11.3. The highest BCUT2D eigenvalue weighted by atomic mass is 19.1. The van der Waals surface area contributed by atoms with Gasteiger partial charge in [-0.05, 0) is 23.3 Å². The number of aromatic nitrogens is 5. The van der Waals surface area contributed by atoms with Crippen LogP contribution in [0.5, 0.6) is 0 Å². The molecule has 180 valence electrons. The van der Waals surface area contributed by atoms with Crippen LogP contribution < -0.4 is 5.32 Å². The van der Waals surface area contributed by atoms with Crippen LogP contribution in [0.3, 0.4) is 0 Å². The number of nitrogens with zero attached hydrogens (tertiary/aromatic N) is 5. The maximum Gasteiger partial charge on any atom is 0.183 e. The predicted octanol–water partition coefficient (Wildman–Crippen LogP) is 4.39. The zero-order valence-electron chi connectivity index (χ0n) is 18.8. The van der Waals surface area contributed by atoms with Gasteiger partial charge >= 0.3 is 0 Å². The van der Waals surface area contributed by atoms with Crippen molar-refractivity contribution in [2.75, 3.05) is 5.32 Å². The number of hydrogen-bond acceptors (Lipinski definition) is 7. The van der Waals surface area contributed by atoms with Gasteiger partial charge in [0, 0.05) is 18.1 Å². The van der Waals surface area contributed by atoms with Gasteiger partial charge in [-0.1, -0.05) is 47.6 Å². The molecule has 6 rings (SSSR count). The van der Waals surface area contributed by atoms with Crippen LogP contribution in [0.1, 0.15) is 22.7 Å². The molecule has 8 nitrogen and oxygen atoms in total. The SMILES string of the molecule is O[C@@H]1Cc2ccccc2[C@@H]1Nc1nc(-c2cc(-c3ccon3)n(Cc3ccccc3F)n2)ncc1F. The van der Waals surface area contributed by atoms with Gasteiger partial charge in [0.25, 0.3) is 0 Å². The first-order valence-electron chi connectivity index (χ1n) is 11.3. The van der Waals surface area contributed by atoms with Crippen LogP contribution in [-0.4, -0.2) is 36.1 Å². The molecule has 3 heterocycles. The van der Waals surface area contributed by atoms with E-state index in [9.17, 15) is 13.9 Å². The Morgan fingerprint density at radius 2 is 1.86 bits per heavy atom. The molecular formula is C26H20F2N6O2. The van der Waals surface area contributed by atoms with Gasteiger partial charge in [-0.15, -0.1) is 0 Å². The van der Waals surface area contributed by atoms with Crippen LogP contribution in [0.25, 0.3) is 22.9 Å². The van der Waals surface area contributed by atoms with E-state index in [4.69, 9.17) is 4.52 Å². The maximum absolute atomic E-state index is 14.7. The average Bonchev–Trinajstić information content (AvgIpc) is 3.61. The van der Waals surface area contributed by atoms with E-state index in [1.165, 1.54) is 12.3 Å². The molecule has 1 aliphatic carbocycles. The smallest absolute Gasteiger partial charge is 0.183 e. The standard InChI is InChI=1S/C26H20F2N6O2/c27-18-8-4-2-6-16(18)14-34-22(20-9-10-36-33-20)12-21(32-34)26-29-13-19(28)25(31-26)30-24-17-7-3-1-5-15(17)11-23(24)35/h1-10,12-13,23-24,35H,11,14H2,(H,29,30,31)/t23-,24+/m1/s1. The summed E-state index contributed by atoms with van der Waals surface area (Å²) in [5.74, 6) is -0.900. The molecule has 0 bridgehead atoms. The third-order valence-electron chi connectivity index (χ3n) is 6.23. The van der Waals surface area contributed by atoms with Crippen LogP contribution in [0.15, 0.2) is 77.6 Å². The van der Waals surface area contributed by atoms with Gasteiger partial charge < -0.3 is 14.9 Å². The second-order valence-electron chi connectivity index (χ2n) is 8.53. The van der Waals surface area contributed by atoms with Crippen molar-refractivity contribution < 1.29 is 18.4 Å². The van der Waals surface area contributed by atoms with E-state index in [2.05, 4.69) is 25.5 Å². The zero-order chi connectivity index (χ0) is 24.6. The molecular weight excluding hydrogens is 466 g/mol. The van der Waals surface area contributed by atoms with Crippen molar-refractivity contribution in [3.05, 3.63) is 101 Å². The number of halogens is 2. The molecule has 0 saturated carbocycles. The van der Waals surface area contributed by atoms with Crippen molar-refractivity contribution in [3.8, 4) is 22.9 Å². The Bertz CT molecular complexity index is 1540. The minimum absolute atomic E-state index is 0.0487. The van der Waals surface area contributed by atoms with Gasteiger partial charge in [0.15, 0.2) is 17.5 Å². The number of aliphatic hydroxyl groups is 1. The van der Waals surface area contributed by atoms with Crippen LogP contribution in [0.2, 0.25) is 0 Å². The third-order valence-corrected chi connectivity index (χ3v) is 6.23. The lowest BCUT2D eigenvalue weighted by Gasteiger charge is -2.19. The van der Waals surface area contributed by atoms with E-state index in [0.29, 0.717) is 29.1 Å². The summed E-state index contributed by atoms with van der Waals surface area (Å²) in [5, 5.41) is 22.1. The van der Waals surface area contributed by atoms with Gasteiger partial charge in [-0.2, -0.15) is 5.10 Å². The van der Waals surface area contributed by atoms with Gasteiger partial charge in [0.1, 0.15) is 23.5 Å². The van der Waals surface area contributed by atoms with Crippen molar-refractivity contribution in [1.29, 1.82) is 0 Å². The highest BCUT2D eigenvalue weighted by Crippen LogP contribution is 2.34. The quantitative estimate of drug-likeness (QED) is 0.367. The molecule has 0 fully saturated rings. The first-order chi connectivity index (χ1) is 17.6. The summed E-state index contributed by atoms with van der Waals surface area (Å²) in [6, 6.07) is 16.9. The summed E-state index contributed by atoms with van der Waals surface area (Å²) in [6.45, 7) is 0.131. The topological polar surface area (TPSA) is 102 Å².